The molecule has 12 heavy (non-hydrogen) atoms. The van der Waals surface area contributed by atoms with E-state index in [9.17, 15) is 0 Å². The summed E-state index contributed by atoms with van der Waals surface area (Å²) in [5, 5.41) is 0. The van der Waals surface area contributed by atoms with Crippen molar-refractivity contribution in [3.05, 3.63) is 12.2 Å². The molecule has 0 aromatic heterocycles. The molecule has 0 amide bonds. The first-order valence-electron chi connectivity index (χ1n) is 4.52. The fourth-order valence-corrected chi connectivity index (χ4v) is 0.903. The summed E-state index contributed by atoms with van der Waals surface area (Å²) in [7, 11) is 0. The second-order valence-corrected chi connectivity index (χ2v) is 3.17. The van der Waals surface area contributed by atoms with E-state index >= 15 is 0 Å². The minimum absolute atomic E-state index is 0.214. The fourth-order valence-electron chi connectivity index (χ4n) is 0.903. The van der Waals surface area contributed by atoms with E-state index in [1.165, 1.54) is 12.8 Å². The first-order valence-corrected chi connectivity index (χ1v) is 4.52. The van der Waals surface area contributed by atoms with Gasteiger partial charge in [-0.25, -0.2) is 0 Å². The minimum atomic E-state index is 0.214. The molecule has 0 bridgehead atoms. The lowest BCUT2D eigenvalue weighted by Crippen LogP contribution is -2.04. The maximum Gasteiger partial charge on any atom is 0.108 e. The van der Waals surface area contributed by atoms with Gasteiger partial charge in [-0.2, -0.15) is 0 Å². The van der Waals surface area contributed by atoms with Crippen molar-refractivity contribution in [2.45, 2.75) is 32.8 Å². The molecule has 1 rings (SSSR count). The van der Waals surface area contributed by atoms with Crippen molar-refractivity contribution in [3.63, 3.8) is 0 Å². The van der Waals surface area contributed by atoms with E-state index in [4.69, 9.17) is 4.74 Å². The molecule has 1 aliphatic rings. The predicted octanol–water partition coefficient (Wildman–Crippen LogP) is 2.38. The van der Waals surface area contributed by atoms with E-state index in [1.54, 1.807) is 0 Å². The van der Waals surface area contributed by atoms with Gasteiger partial charge in [-0.05, 0) is 32.6 Å². The lowest BCUT2D eigenvalue weighted by molar-refractivity contribution is 0.127. The SMILES string of the molecule is CC#CCOC(C)/C=C/C1CC1. The molecule has 0 aromatic rings. The molecule has 0 aliphatic heterocycles. The van der Waals surface area contributed by atoms with Crippen LogP contribution in [0.5, 0.6) is 0 Å². The summed E-state index contributed by atoms with van der Waals surface area (Å²) in [5.74, 6) is 6.52. The van der Waals surface area contributed by atoms with Crippen molar-refractivity contribution in [3.8, 4) is 11.8 Å². The summed E-state index contributed by atoms with van der Waals surface area (Å²) in [6.07, 6.45) is 7.32. The zero-order chi connectivity index (χ0) is 8.81. The second kappa shape index (κ2) is 5.00. The van der Waals surface area contributed by atoms with Gasteiger partial charge in [0.25, 0.3) is 0 Å². The van der Waals surface area contributed by atoms with Gasteiger partial charge in [-0.1, -0.05) is 18.1 Å². The average Bonchev–Trinajstić information content (AvgIpc) is 2.84. The standard InChI is InChI=1S/C11H16O/c1-3-4-9-12-10(2)5-6-11-7-8-11/h5-6,10-11H,7-9H2,1-2H3/b6-5+. The molecule has 0 spiro atoms. The molecule has 1 nitrogen and oxygen atoms in total. The van der Waals surface area contributed by atoms with Gasteiger partial charge in [-0.3, -0.25) is 0 Å². The molecule has 1 unspecified atom stereocenters. The number of hydrogen-bond donors (Lipinski definition) is 0. The normalized spacial score (nSPS) is 18.8. The van der Waals surface area contributed by atoms with E-state index in [0.717, 1.165) is 5.92 Å². The lowest BCUT2D eigenvalue weighted by Gasteiger charge is -2.03. The van der Waals surface area contributed by atoms with Gasteiger partial charge in [0, 0.05) is 0 Å². The molecule has 0 heterocycles. The first kappa shape index (κ1) is 9.35. The van der Waals surface area contributed by atoms with Crippen LogP contribution >= 0.6 is 0 Å². The summed E-state index contributed by atoms with van der Waals surface area (Å²) in [6.45, 7) is 4.43. The largest absolute Gasteiger partial charge is 0.362 e. The highest BCUT2D eigenvalue weighted by atomic mass is 16.5. The Morgan fingerprint density at radius 3 is 2.92 bits per heavy atom. The van der Waals surface area contributed by atoms with Crippen molar-refractivity contribution >= 4 is 0 Å². The summed E-state index contributed by atoms with van der Waals surface area (Å²) in [4.78, 5) is 0. The maximum absolute atomic E-state index is 5.40. The van der Waals surface area contributed by atoms with Gasteiger partial charge < -0.3 is 4.74 Å². The van der Waals surface area contributed by atoms with Crippen LogP contribution in [0.25, 0.3) is 0 Å². The van der Waals surface area contributed by atoms with Crippen LogP contribution in [0.2, 0.25) is 0 Å². The van der Waals surface area contributed by atoms with Gasteiger partial charge in [0.15, 0.2) is 0 Å². The van der Waals surface area contributed by atoms with Crippen molar-refractivity contribution in [1.29, 1.82) is 0 Å². The maximum atomic E-state index is 5.40. The Bertz CT molecular complexity index is 203. The third kappa shape index (κ3) is 4.20. The fraction of sp³-hybridized carbons (Fsp3) is 0.636. The predicted molar refractivity (Wildman–Crippen MR) is 50.7 cm³/mol. The Morgan fingerprint density at radius 1 is 1.58 bits per heavy atom. The highest BCUT2D eigenvalue weighted by Gasteiger charge is 2.17. The first-order chi connectivity index (χ1) is 5.83. The summed E-state index contributed by atoms with van der Waals surface area (Å²) in [5.41, 5.74) is 0. The number of rotatable bonds is 4. The topological polar surface area (TPSA) is 9.23 Å². The number of allylic oxidation sites excluding steroid dienone is 1. The van der Waals surface area contributed by atoms with E-state index < -0.39 is 0 Å². The second-order valence-electron chi connectivity index (χ2n) is 3.17. The van der Waals surface area contributed by atoms with Crippen LogP contribution in [0.4, 0.5) is 0 Å². The van der Waals surface area contributed by atoms with Gasteiger partial charge in [0.2, 0.25) is 0 Å². The number of ether oxygens (including phenoxy) is 1. The smallest absolute Gasteiger partial charge is 0.108 e. The lowest BCUT2D eigenvalue weighted by atomic mass is 10.3. The van der Waals surface area contributed by atoms with E-state index in [0.29, 0.717) is 6.61 Å². The molecule has 0 aromatic carbocycles. The Labute approximate surface area is 74.8 Å². The van der Waals surface area contributed by atoms with Crippen molar-refractivity contribution in [2.24, 2.45) is 5.92 Å². The van der Waals surface area contributed by atoms with Crippen molar-refractivity contribution in [1.82, 2.24) is 0 Å². The van der Waals surface area contributed by atoms with Crippen LogP contribution in [0.1, 0.15) is 26.7 Å². The monoisotopic (exact) mass is 164 g/mol. The van der Waals surface area contributed by atoms with E-state index in [2.05, 4.69) is 30.9 Å². The molecule has 0 N–H and O–H groups in total. The van der Waals surface area contributed by atoms with Crippen LogP contribution in [-0.4, -0.2) is 12.7 Å². The van der Waals surface area contributed by atoms with Crippen LogP contribution in [0, 0.1) is 17.8 Å². The summed E-state index contributed by atoms with van der Waals surface area (Å²) in [6, 6.07) is 0. The highest BCUT2D eigenvalue weighted by Crippen LogP contribution is 2.30. The zero-order valence-electron chi connectivity index (χ0n) is 7.84. The van der Waals surface area contributed by atoms with Crippen LogP contribution in [0.15, 0.2) is 12.2 Å². The van der Waals surface area contributed by atoms with Crippen LogP contribution < -0.4 is 0 Å². The quantitative estimate of drug-likeness (QED) is 0.458. The zero-order valence-corrected chi connectivity index (χ0v) is 7.84. The third-order valence-electron chi connectivity index (χ3n) is 1.87. The average molecular weight is 164 g/mol. The van der Waals surface area contributed by atoms with Crippen molar-refractivity contribution in [2.75, 3.05) is 6.61 Å². The molecule has 1 aliphatic carbocycles. The van der Waals surface area contributed by atoms with Crippen LogP contribution in [0.3, 0.4) is 0 Å². The molecular weight excluding hydrogens is 148 g/mol. The molecular formula is C11H16O. The van der Waals surface area contributed by atoms with Gasteiger partial charge in [0.1, 0.15) is 6.61 Å². The molecule has 66 valence electrons. The molecule has 0 saturated heterocycles. The van der Waals surface area contributed by atoms with E-state index in [1.807, 2.05) is 6.92 Å². The van der Waals surface area contributed by atoms with Crippen LogP contribution in [-0.2, 0) is 4.74 Å². The molecule has 1 heteroatoms. The molecule has 1 saturated carbocycles. The minimum Gasteiger partial charge on any atom is -0.362 e. The van der Waals surface area contributed by atoms with Gasteiger partial charge >= 0.3 is 0 Å². The third-order valence-corrected chi connectivity index (χ3v) is 1.87. The molecule has 1 atom stereocenters. The van der Waals surface area contributed by atoms with E-state index in [-0.39, 0.29) is 6.10 Å². The summed E-state index contributed by atoms with van der Waals surface area (Å²) < 4.78 is 5.40. The molecule has 0 radical (unpaired) electrons. The summed E-state index contributed by atoms with van der Waals surface area (Å²) >= 11 is 0. The highest BCUT2D eigenvalue weighted by molar-refractivity contribution is 5.00. The number of hydrogen-bond acceptors (Lipinski definition) is 1. The Hall–Kier alpha value is -0.740. The van der Waals surface area contributed by atoms with Gasteiger partial charge in [-0.15, -0.1) is 5.92 Å². The van der Waals surface area contributed by atoms with Gasteiger partial charge in [0.05, 0.1) is 6.10 Å². The van der Waals surface area contributed by atoms with Crippen molar-refractivity contribution < 1.29 is 4.74 Å². The molecule has 1 fully saturated rings. The Morgan fingerprint density at radius 2 is 2.33 bits per heavy atom. The Balaban J connectivity index is 2.08. The Kier molecular flexibility index (Phi) is 3.90.